The summed E-state index contributed by atoms with van der Waals surface area (Å²) in [5.41, 5.74) is 10.5. The molecule has 2 aliphatic heterocycles. The molecule has 4 amide bonds. The highest BCUT2D eigenvalue weighted by molar-refractivity contribution is 6.00. The summed E-state index contributed by atoms with van der Waals surface area (Å²) in [5, 5.41) is 18.3. The number of primary amides is 1. The van der Waals surface area contributed by atoms with Crippen LogP contribution < -0.4 is 16.4 Å². The quantitative estimate of drug-likeness (QED) is 0.189. The Kier molecular flexibility index (Phi) is 9.55. The molecule has 13 nitrogen and oxygen atoms in total. The molecule has 0 bridgehead atoms. The number of hydrogen-bond acceptors (Lipinski definition) is 7. The number of nitro groups is 1. The van der Waals surface area contributed by atoms with Crippen molar-refractivity contribution in [2.24, 2.45) is 23.5 Å². The van der Waals surface area contributed by atoms with Crippen LogP contribution in [0.1, 0.15) is 43.4 Å². The molecule has 0 radical (unpaired) electrons. The van der Waals surface area contributed by atoms with Crippen LogP contribution >= 0.6 is 0 Å². The Morgan fingerprint density at radius 2 is 1.84 bits per heavy atom. The van der Waals surface area contributed by atoms with E-state index in [4.69, 9.17) is 5.73 Å². The molecule has 0 saturated carbocycles. The lowest BCUT2D eigenvalue weighted by Crippen LogP contribution is -2.58. The van der Waals surface area contributed by atoms with Crippen molar-refractivity contribution >= 4 is 45.8 Å². The molecule has 1 aliphatic carbocycles. The summed E-state index contributed by atoms with van der Waals surface area (Å²) in [7, 11) is 2.00. The first-order valence-corrected chi connectivity index (χ1v) is 16.8. The molecule has 1 unspecified atom stereocenters. The number of fused-ring (bicyclic) bond motifs is 2. The van der Waals surface area contributed by atoms with Gasteiger partial charge in [0.25, 0.3) is 5.69 Å². The minimum atomic E-state index is -1.07. The number of H-pyrrole nitrogens is 1. The fourth-order valence-corrected chi connectivity index (χ4v) is 7.47. The second-order valence-corrected chi connectivity index (χ2v) is 13.9. The zero-order valence-electron chi connectivity index (χ0n) is 28.0. The minimum Gasteiger partial charge on any atom is -0.369 e. The van der Waals surface area contributed by atoms with Crippen LogP contribution in [0.5, 0.6) is 0 Å². The average Bonchev–Trinajstić information content (AvgIpc) is 3.50. The van der Waals surface area contributed by atoms with Gasteiger partial charge in [-0.2, -0.15) is 0 Å². The van der Waals surface area contributed by atoms with Crippen LogP contribution in [0.4, 0.5) is 5.69 Å². The lowest BCUT2D eigenvalue weighted by molar-refractivity contribution is -0.384. The minimum absolute atomic E-state index is 0.0514. The van der Waals surface area contributed by atoms with Crippen molar-refractivity contribution in [3.05, 3.63) is 81.5 Å². The first-order valence-electron chi connectivity index (χ1n) is 16.8. The molecular formula is C36H43N7O6. The number of rotatable bonds is 10. The summed E-state index contributed by atoms with van der Waals surface area (Å²) >= 11 is 0. The highest BCUT2D eigenvalue weighted by atomic mass is 16.6. The van der Waals surface area contributed by atoms with Crippen molar-refractivity contribution in [1.82, 2.24) is 25.4 Å². The Balaban J connectivity index is 1.25. The SMILES string of the molecule is CC(C)[C@H](NC(=O)[C@H](Cc1ccc([N+](=O)[O-])cc1)NC(=O)[C@@H]1C=C2c3cccc4[nH]cc(c34)C[C@H]2N(C)C1)C(=O)N1CCCC(C(N)=O)C1. The first kappa shape index (κ1) is 33.8. The molecule has 3 aliphatic rings. The molecule has 6 rings (SSSR count). The number of non-ortho nitro benzene ring substituents is 1. The van der Waals surface area contributed by atoms with Gasteiger partial charge in [0.2, 0.25) is 23.6 Å². The lowest BCUT2D eigenvalue weighted by atomic mass is 9.79. The molecule has 0 spiro atoms. The number of nitrogens with zero attached hydrogens (tertiary/aromatic N) is 3. The van der Waals surface area contributed by atoms with Crippen molar-refractivity contribution in [1.29, 1.82) is 0 Å². The maximum absolute atomic E-state index is 14.0. The molecule has 1 fully saturated rings. The van der Waals surface area contributed by atoms with E-state index < -0.39 is 40.7 Å². The number of benzene rings is 2. The van der Waals surface area contributed by atoms with Gasteiger partial charge in [0, 0.05) is 61.3 Å². The van der Waals surface area contributed by atoms with E-state index in [1.807, 2.05) is 39.1 Å². The summed E-state index contributed by atoms with van der Waals surface area (Å²) in [5.74, 6) is -2.94. The molecule has 5 N–H and O–H groups in total. The molecule has 5 atom stereocenters. The summed E-state index contributed by atoms with van der Waals surface area (Å²) < 4.78 is 0. The van der Waals surface area contributed by atoms with Crippen molar-refractivity contribution in [3.8, 4) is 0 Å². The molecule has 3 aromatic rings. The van der Waals surface area contributed by atoms with E-state index in [9.17, 15) is 29.3 Å². The third-order valence-electron chi connectivity index (χ3n) is 10.2. The number of nitro benzene ring substituents is 1. The molecule has 49 heavy (non-hydrogen) atoms. The van der Waals surface area contributed by atoms with E-state index >= 15 is 0 Å². The number of hydrogen-bond donors (Lipinski definition) is 4. The number of likely N-dealkylation sites (tertiary alicyclic amines) is 1. The van der Waals surface area contributed by atoms with Crippen LogP contribution in [0.15, 0.2) is 54.7 Å². The molecule has 258 valence electrons. The number of nitrogens with one attached hydrogen (secondary N) is 3. The molecule has 13 heteroatoms. The zero-order chi connectivity index (χ0) is 35.0. The predicted molar refractivity (Wildman–Crippen MR) is 184 cm³/mol. The van der Waals surface area contributed by atoms with E-state index in [1.165, 1.54) is 17.7 Å². The number of amides is 4. The monoisotopic (exact) mass is 669 g/mol. The summed E-state index contributed by atoms with van der Waals surface area (Å²) in [6.45, 7) is 4.74. The Morgan fingerprint density at radius 1 is 1.08 bits per heavy atom. The van der Waals surface area contributed by atoms with Crippen LogP contribution in [-0.4, -0.2) is 88.1 Å². The molecular weight excluding hydrogens is 626 g/mol. The van der Waals surface area contributed by atoms with Crippen LogP contribution in [0.2, 0.25) is 0 Å². The highest BCUT2D eigenvalue weighted by Crippen LogP contribution is 2.40. The van der Waals surface area contributed by atoms with Gasteiger partial charge < -0.3 is 26.3 Å². The van der Waals surface area contributed by atoms with Crippen LogP contribution in [0.3, 0.4) is 0 Å². The van der Waals surface area contributed by atoms with E-state index in [0.29, 0.717) is 31.5 Å². The molecule has 3 heterocycles. The molecule has 1 saturated heterocycles. The second-order valence-electron chi connectivity index (χ2n) is 13.9. The molecule has 1 aromatic heterocycles. The van der Waals surface area contributed by atoms with Gasteiger partial charge in [0.05, 0.1) is 16.8 Å². The Morgan fingerprint density at radius 3 is 2.53 bits per heavy atom. The maximum Gasteiger partial charge on any atom is 0.269 e. The average molecular weight is 670 g/mol. The van der Waals surface area contributed by atoms with Gasteiger partial charge in [-0.05, 0) is 60.6 Å². The number of carbonyl (C=O) groups is 4. The van der Waals surface area contributed by atoms with Gasteiger partial charge in [0.15, 0.2) is 0 Å². The lowest BCUT2D eigenvalue weighted by Gasteiger charge is -2.39. The number of aromatic nitrogens is 1. The van der Waals surface area contributed by atoms with Gasteiger partial charge in [0.1, 0.15) is 12.1 Å². The van der Waals surface area contributed by atoms with E-state index in [-0.39, 0.29) is 42.4 Å². The number of likely N-dealkylation sites (N-methyl/N-ethyl adjacent to an activating group) is 1. The summed E-state index contributed by atoms with van der Waals surface area (Å²) in [4.78, 5) is 71.5. The van der Waals surface area contributed by atoms with Gasteiger partial charge >= 0.3 is 0 Å². The van der Waals surface area contributed by atoms with Crippen molar-refractivity contribution in [3.63, 3.8) is 0 Å². The van der Waals surface area contributed by atoms with Crippen LogP contribution in [0, 0.1) is 27.9 Å². The number of nitrogens with two attached hydrogens (primary N) is 1. The van der Waals surface area contributed by atoms with Crippen LogP contribution in [-0.2, 0) is 32.0 Å². The third-order valence-corrected chi connectivity index (χ3v) is 10.2. The predicted octanol–water partition coefficient (Wildman–Crippen LogP) is 2.54. The van der Waals surface area contributed by atoms with Crippen LogP contribution in [0.25, 0.3) is 16.5 Å². The second kappa shape index (κ2) is 13.8. The Labute approximate surface area is 284 Å². The smallest absolute Gasteiger partial charge is 0.269 e. The van der Waals surface area contributed by atoms with Crippen molar-refractivity contribution < 1.29 is 24.1 Å². The third kappa shape index (κ3) is 6.93. The maximum atomic E-state index is 14.0. The van der Waals surface area contributed by atoms with Gasteiger partial charge in [-0.3, -0.25) is 34.2 Å². The first-order chi connectivity index (χ1) is 23.4. The highest BCUT2D eigenvalue weighted by Gasteiger charge is 2.38. The van der Waals surface area contributed by atoms with Gasteiger partial charge in [-0.25, -0.2) is 0 Å². The summed E-state index contributed by atoms with van der Waals surface area (Å²) in [6.07, 6.45) is 6.17. The largest absolute Gasteiger partial charge is 0.369 e. The van der Waals surface area contributed by atoms with E-state index in [1.54, 1.807) is 17.0 Å². The zero-order valence-corrected chi connectivity index (χ0v) is 28.0. The van der Waals surface area contributed by atoms with Gasteiger partial charge in [-0.15, -0.1) is 0 Å². The standard InChI is InChI=1S/C36H43N7O6/c1-20(2)32(36(47)42-13-5-6-22(19-42)33(37)44)40-35(46)29(14-21-9-11-25(12-10-21)43(48)49)39-34(45)24-15-27-26-7-4-8-28-31(26)23(17-38-28)16-30(27)41(3)18-24/h4,7-12,15,17,20,22,24,29-30,32,38H,5-6,13-14,16,18-19H2,1-3H3,(H2,37,44)(H,39,45)(H,40,46)/t22?,24-,29+,30-,32+/m1/s1. The van der Waals surface area contributed by atoms with E-state index in [0.717, 1.165) is 28.5 Å². The summed E-state index contributed by atoms with van der Waals surface area (Å²) in [6, 6.07) is 10.1. The van der Waals surface area contributed by atoms with Crippen molar-refractivity contribution in [2.45, 2.75) is 57.7 Å². The van der Waals surface area contributed by atoms with Gasteiger partial charge in [-0.1, -0.05) is 44.2 Å². The number of carbonyl (C=O) groups excluding carboxylic acids is 4. The van der Waals surface area contributed by atoms with Crippen molar-refractivity contribution in [2.75, 3.05) is 26.7 Å². The van der Waals surface area contributed by atoms with E-state index in [2.05, 4.69) is 32.8 Å². The Hall–Kier alpha value is -5.04. The number of aromatic amines is 1. The fourth-order valence-electron chi connectivity index (χ4n) is 7.47. The Bertz CT molecular complexity index is 1820. The molecule has 2 aromatic carbocycles. The number of piperidine rings is 1. The topological polar surface area (TPSA) is 184 Å². The fraction of sp³-hybridized carbons (Fsp3) is 0.444. The normalized spacial score (nSPS) is 21.8.